The normalized spacial score (nSPS) is 14.2. The summed E-state index contributed by atoms with van der Waals surface area (Å²) in [6, 6.07) is 11.7. The van der Waals surface area contributed by atoms with Gasteiger partial charge in [0.1, 0.15) is 6.61 Å². The van der Waals surface area contributed by atoms with Gasteiger partial charge in [-0.25, -0.2) is 4.79 Å². The highest BCUT2D eigenvalue weighted by Gasteiger charge is 2.28. The second-order valence-electron chi connectivity index (χ2n) is 7.35. The highest BCUT2D eigenvalue weighted by molar-refractivity contribution is 6.34. The predicted molar refractivity (Wildman–Crippen MR) is 117 cm³/mol. The molecule has 0 aliphatic carbocycles. The molecule has 2 aromatic rings. The molecule has 0 spiro atoms. The number of nitrogens with zero attached hydrogens (tertiary/aromatic N) is 1. The van der Waals surface area contributed by atoms with Gasteiger partial charge in [-0.3, -0.25) is 9.59 Å². The number of carbonyl (C=O) groups excluding carboxylic acids is 2. The third kappa shape index (κ3) is 6.87. The van der Waals surface area contributed by atoms with Crippen LogP contribution in [0.3, 0.4) is 0 Å². The number of carboxylic acids is 1. The van der Waals surface area contributed by atoms with Crippen molar-refractivity contribution in [3.8, 4) is 0 Å². The zero-order chi connectivity index (χ0) is 22.4. The first-order valence-corrected chi connectivity index (χ1v) is 10.5. The van der Waals surface area contributed by atoms with Crippen LogP contribution in [0.15, 0.2) is 42.5 Å². The molecule has 0 atom stereocenters. The number of aliphatic carboxylic acids is 1. The van der Waals surface area contributed by atoms with Crippen molar-refractivity contribution in [2.45, 2.75) is 25.9 Å². The Morgan fingerprint density at radius 1 is 1.00 bits per heavy atom. The summed E-state index contributed by atoms with van der Waals surface area (Å²) < 4.78 is 5.33. The second-order valence-corrected chi connectivity index (χ2v) is 8.22. The number of ether oxygens (including phenoxy) is 1. The highest BCUT2D eigenvalue weighted by Crippen LogP contribution is 2.22. The Labute approximate surface area is 189 Å². The van der Waals surface area contributed by atoms with E-state index in [0.717, 1.165) is 0 Å². The Kier molecular flexibility index (Phi) is 7.76. The summed E-state index contributed by atoms with van der Waals surface area (Å²) in [6.45, 7) is 0.910. The molecule has 1 aliphatic rings. The lowest BCUT2D eigenvalue weighted by atomic mass is 9.96. The van der Waals surface area contributed by atoms with Gasteiger partial charge in [-0.05, 0) is 54.3 Å². The average Bonchev–Trinajstić information content (AvgIpc) is 2.72. The summed E-state index contributed by atoms with van der Waals surface area (Å²) >= 11 is 11.9. The number of amides is 2. The lowest BCUT2D eigenvalue weighted by Gasteiger charge is -2.30. The second kappa shape index (κ2) is 10.5. The minimum Gasteiger partial charge on any atom is -0.481 e. The summed E-state index contributed by atoms with van der Waals surface area (Å²) in [4.78, 5) is 37.1. The van der Waals surface area contributed by atoms with Crippen LogP contribution in [-0.4, -0.2) is 41.1 Å². The summed E-state index contributed by atoms with van der Waals surface area (Å²) in [7, 11) is 0. The van der Waals surface area contributed by atoms with Crippen LogP contribution in [0.25, 0.3) is 0 Å². The zero-order valence-corrected chi connectivity index (χ0v) is 18.2. The summed E-state index contributed by atoms with van der Waals surface area (Å²) in [5, 5.41) is 12.6. The van der Waals surface area contributed by atoms with Crippen LogP contribution in [0.5, 0.6) is 0 Å². The Hall–Kier alpha value is -2.77. The molecular formula is C22H22Cl2N2O5. The first kappa shape index (κ1) is 22.9. The van der Waals surface area contributed by atoms with E-state index in [9.17, 15) is 14.4 Å². The molecule has 3 rings (SSSR count). The number of halogens is 2. The molecule has 2 amide bonds. The largest absolute Gasteiger partial charge is 0.481 e. The van der Waals surface area contributed by atoms with Crippen LogP contribution in [0.1, 0.15) is 24.0 Å². The van der Waals surface area contributed by atoms with E-state index in [0.29, 0.717) is 52.8 Å². The van der Waals surface area contributed by atoms with Crippen LogP contribution in [0, 0.1) is 5.92 Å². The number of anilines is 1. The van der Waals surface area contributed by atoms with E-state index < -0.39 is 12.1 Å². The fourth-order valence-electron chi connectivity index (χ4n) is 3.38. The Balaban J connectivity index is 1.44. The topological polar surface area (TPSA) is 95.9 Å². The van der Waals surface area contributed by atoms with Crippen molar-refractivity contribution in [2.24, 2.45) is 5.92 Å². The maximum Gasteiger partial charge on any atom is 0.410 e. The van der Waals surface area contributed by atoms with Gasteiger partial charge < -0.3 is 20.1 Å². The summed E-state index contributed by atoms with van der Waals surface area (Å²) in [5.41, 5.74) is 1.98. The van der Waals surface area contributed by atoms with Gasteiger partial charge in [-0.2, -0.15) is 0 Å². The lowest BCUT2D eigenvalue weighted by molar-refractivity contribution is -0.136. The number of benzene rings is 2. The number of piperidine rings is 1. The molecule has 7 nitrogen and oxygen atoms in total. The fraction of sp³-hybridized carbons (Fsp3) is 0.318. The number of carbonyl (C=O) groups is 3. The maximum atomic E-state index is 12.5. The van der Waals surface area contributed by atoms with E-state index in [-0.39, 0.29) is 24.9 Å². The Bertz CT molecular complexity index is 937. The van der Waals surface area contributed by atoms with Gasteiger partial charge in [0.2, 0.25) is 5.91 Å². The molecule has 0 saturated carbocycles. The van der Waals surface area contributed by atoms with E-state index in [1.807, 2.05) is 0 Å². The molecule has 2 aromatic carbocycles. The van der Waals surface area contributed by atoms with E-state index >= 15 is 0 Å². The molecule has 31 heavy (non-hydrogen) atoms. The number of rotatable bonds is 6. The number of nitrogens with one attached hydrogen (secondary N) is 1. The van der Waals surface area contributed by atoms with Gasteiger partial charge in [-0.15, -0.1) is 0 Å². The van der Waals surface area contributed by atoms with Crippen molar-refractivity contribution in [3.05, 3.63) is 63.6 Å². The monoisotopic (exact) mass is 464 g/mol. The molecule has 1 saturated heterocycles. The Morgan fingerprint density at radius 3 is 2.19 bits per heavy atom. The summed E-state index contributed by atoms with van der Waals surface area (Å²) in [5.74, 6) is -1.24. The quantitative estimate of drug-likeness (QED) is 0.650. The van der Waals surface area contributed by atoms with Crippen molar-refractivity contribution in [3.63, 3.8) is 0 Å². The molecule has 1 aliphatic heterocycles. The van der Waals surface area contributed by atoms with Crippen molar-refractivity contribution in [1.82, 2.24) is 4.90 Å². The van der Waals surface area contributed by atoms with Crippen molar-refractivity contribution < 1.29 is 24.2 Å². The van der Waals surface area contributed by atoms with Gasteiger partial charge in [0, 0.05) is 34.7 Å². The molecule has 2 N–H and O–H groups in total. The molecule has 164 valence electrons. The van der Waals surface area contributed by atoms with E-state index in [1.165, 1.54) is 0 Å². The smallest absolute Gasteiger partial charge is 0.410 e. The van der Waals surface area contributed by atoms with Crippen molar-refractivity contribution >= 4 is 46.9 Å². The Morgan fingerprint density at radius 2 is 1.61 bits per heavy atom. The molecule has 9 heteroatoms. The van der Waals surface area contributed by atoms with Gasteiger partial charge in [0.15, 0.2) is 0 Å². The fourth-order valence-corrected chi connectivity index (χ4v) is 3.95. The SMILES string of the molecule is O=C(O)Cc1ccc(NC(=O)C2CCN(C(=O)OCc3cc(Cl)cc(Cl)c3)CC2)cc1. The predicted octanol–water partition coefficient (Wildman–Crippen LogP) is 4.61. The van der Waals surface area contributed by atoms with Crippen LogP contribution < -0.4 is 5.32 Å². The molecule has 1 heterocycles. The standard InChI is InChI=1S/C22H22Cl2N2O5/c23-17-9-15(10-18(24)12-17)13-31-22(30)26-7-5-16(6-8-26)21(29)25-19-3-1-14(2-4-19)11-20(27)28/h1-4,9-10,12,16H,5-8,11,13H2,(H,25,29)(H,27,28). The molecular weight excluding hydrogens is 443 g/mol. The minimum atomic E-state index is -0.904. The van der Waals surface area contributed by atoms with Crippen molar-refractivity contribution in [2.75, 3.05) is 18.4 Å². The van der Waals surface area contributed by atoms with Crippen LogP contribution in [0.4, 0.5) is 10.5 Å². The molecule has 0 bridgehead atoms. The number of hydrogen-bond acceptors (Lipinski definition) is 4. The molecule has 0 unspecified atom stereocenters. The van der Waals surface area contributed by atoms with Crippen molar-refractivity contribution in [1.29, 1.82) is 0 Å². The number of likely N-dealkylation sites (tertiary alicyclic amines) is 1. The number of hydrogen-bond donors (Lipinski definition) is 2. The van der Waals surface area contributed by atoms with Crippen LogP contribution >= 0.6 is 23.2 Å². The summed E-state index contributed by atoms with van der Waals surface area (Å²) in [6.07, 6.45) is 0.554. The van der Waals surface area contributed by atoms with Gasteiger partial charge in [-0.1, -0.05) is 35.3 Å². The first-order valence-electron chi connectivity index (χ1n) is 9.78. The number of carboxylic acid groups (broad SMARTS) is 1. The average molecular weight is 465 g/mol. The first-order chi connectivity index (χ1) is 14.8. The third-order valence-electron chi connectivity index (χ3n) is 4.99. The van der Waals surface area contributed by atoms with Crippen LogP contribution in [0.2, 0.25) is 10.0 Å². The molecule has 1 fully saturated rings. The van der Waals surface area contributed by atoms with E-state index in [2.05, 4.69) is 5.32 Å². The third-order valence-corrected chi connectivity index (χ3v) is 5.42. The van der Waals surface area contributed by atoms with Gasteiger partial charge in [0.25, 0.3) is 0 Å². The maximum absolute atomic E-state index is 12.5. The van der Waals surface area contributed by atoms with Gasteiger partial charge in [0.05, 0.1) is 6.42 Å². The highest BCUT2D eigenvalue weighted by atomic mass is 35.5. The van der Waals surface area contributed by atoms with E-state index in [1.54, 1.807) is 47.4 Å². The minimum absolute atomic E-state index is 0.0624. The van der Waals surface area contributed by atoms with E-state index in [4.69, 9.17) is 33.0 Å². The van der Waals surface area contributed by atoms with Crippen LogP contribution in [-0.2, 0) is 27.4 Å². The van der Waals surface area contributed by atoms with Gasteiger partial charge >= 0.3 is 12.1 Å². The molecule has 0 radical (unpaired) electrons. The lowest BCUT2D eigenvalue weighted by Crippen LogP contribution is -2.41. The zero-order valence-electron chi connectivity index (χ0n) is 16.6. The molecule has 0 aromatic heterocycles.